The van der Waals surface area contributed by atoms with Crippen LogP contribution < -0.4 is 0 Å². The van der Waals surface area contributed by atoms with Crippen LogP contribution in [0.15, 0.2) is 30.3 Å². The number of aliphatic hydroxyl groups is 1. The van der Waals surface area contributed by atoms with Crippen molar-refractivity contribution in [1.82, 2.24) is 0 Å². The van der Waals surface area contributed by atoms with E-state index < -0.39 is 14.2 Å². The van der Waals surface area contributed by atoms with Crippen LogP contribution in [0.1, 0.15) is 5.56 Å². The molecule has 1 atom stereocenters. The van der Waals surface area contributed by atoms with Crippen LogP contribution >= 0.6 is 0 Å². The fourth-order valence-corrected chi connectivity index (χ4v) is 1.80. The molecule has 3 heteroatoms. The molecule has 0 heterocycles. The van der Waals surface area contributed by atoms with Crippen molar-refractivity contribution in [3.8, 4) is 11.5 Å². The maximum Gasteiger partial charge on any atom is 0.137 e. The minimum Gasteiger partial charge on any atom is -0.378 e. The van der Waals surface area contributed by atoms with Gasteiger partial charge in [-0.15, -0.1) is 5.54 Å². The molecule has 92 valence electrons. The molecule has 0 saturated heterocycles. The number of ether oxygens (including phenoxy) is 1. The van der Waals surface area contributed by atoms with E-state index in [2.05, 4.69) is 31.1 Å². The first-order chi connectivity index (χ1) is 7.97. The first-order valence-electron chi connectivity index (χ1n) is 5.80. The van der Waals surface area contributed by atoms with Crippen LogP contribution in [0.25, 0.3) is 0 Å². The summed E-state index contributed by atoms with van der Waals surface area (Å²) in [5.41, 5.74) is 4.24. The Bertz CT molecular complexity index is 384. The van der Waals surface area contributed by atoms with Crippen molar-refractivity contribution in [3.63, 3.8) is 0 Å². The first-order valence-corrected chi connectivity index (χ1v) is 9.30. The van der Waals surface area contributed by atoms with E-state index in [1.807, 2.05) is 30.3 Å². The third-order valence-electron chi connectivity index (χ3n) is 2.00. The van der Waals surface area contributed by atoms with Gasteiger partial charge in [0, 0.05) is 0 Å². The standard InChI is InChI=1S/C14H20O2Si/c1-17(2,3)10-9-14(15)12-16-11-13-7-5-4-6-8-13/h4-8,14-15H,11-12H2,1-3H3/t14-/m1/s1. The van der Waals surface area contributed by atoms with E-state index in [4.69, 9.17) is 4.74 Å². The summed E-state index contributed by atoms with van der Waals surface area (Å²) in [6.07, 6.45) is -0.676. The van der Waals surface area contributed by atoms with E-state index >= 15 is 0 Å². The fourth-order valence-electron chi connectivity index (χ4n) is 1.20. The second kappa shape index (κ2) is 6.60. The van der Waals surface area contributed by atoms with Crippen molar-refractivity contribution in [3.05, 3.63) is 35.9 Å². The zero-order valence-electron chi connectivity index (χ0n) is 10.7. The van der Waals surface area contributed by atoms with Gasteiger partial charge in [0.15, 0.2) is 0 Å². The van der Waals surface area contributed by atoms with Crippen molar-refractivity contribution in [1.29, 1.82) is 0 Å². The fraction of sp³-hybridized carbons (Fsp3) is 0.429. The summed E-state index contributed by atoms with van der Waals surface area (Å²) in [4.78, 5) is 0. The number of rotatable bonds is 4. The van der Waals surface area contributed by atoms with Crippen LogP contribution in [0.4, 0.5) is 0 Å². The van der Waals surface area contributed by atoms with Gasteiger partial charge in [-0.25, -0.2) is 0 Å². The van der Waals surface area contributed by atoms with E-state index in [0.717, 1.165) is 5.56 Å². The molecule has 2 nitrogen and oxygen atoms in total. The average molecular weight is 248 g/mol. The number of hydrogen-bond donors (Lipinski definition) is 1. The summed E-state index contributed by atoms with van der Waals surface area (Å²) in [5.74, 6) is 2.85. The van der Waals surface area contributed by atoms with Gasteiger partial charge in [0.05, 0.1) is 13.2 Å². The maximum atomic E-state index is 9.61. The third kappa shape index (κ3) is 6.95. The molecule has 17 heavy (non-hydrogen) atoms. The van der Waals surface area contributed by atoms with Gasteiger partial charge < -0.3 is 9.84 Å². The number of aliphatic hydroxyl groups excluding tert-OH is 1. The first kappa shape index (κ1) is 14.0. The zero-order chi connectivity index (χ0) is 12.7. The van der Waals surface area contributed by atoms with Gasteiger partial charge in [0.2, 0.25) is 0 Å². The maximum absolute atomic E-state index is 9.61. The summed E-state index contributed by atoms with van der Waals surface area (Å²) in [6, 6.07) is 9.91. The molecular formula is C14H20O2Si. The van der Waals surface area contributed by atoms with Gasteiger partial charge in [-0.3, -0.25) is 0 Å². The van der Waals surface area contributed by atoms with Crippen LogP contribution in [-0.4, -0.2) is 25.9 Å². The molecule has 1 rings (SSSR count). The largest absolute Gasteiger partial charge is 0.378 e. The monoisotopic (exact) mass is 248 g/mol. The predicted octanol–water partition coefficient (Wildman–Crippen LogP) is 2.44. The van der Waals surface area contributed by atoms with E-state index in [1.54, 1.807) is 0 Å². The summed E-state index contributed by atoms with van der Waals surface area (Å²) < 4.78 is 5.41. The molecule has 1 N–H and O–H groups in total. The molecule has 0 unspecified atom stereocenters. The zero-order valence-corrected chi connectivity index (χ0v) is 11.7. The van der Waals surface area contributed by atoms with E-state index in [-0.39, 0.29) is 6.61 Å². The van der Waals surface area contributed by atoms with Crippen LogP contribution in [0.3, 0.4) is 0 Å². The molecule has 1 aromatic rings. The third-order valence-corrected chi connectivity index (χ3v) is 2.90. The molecule has 0 aromatic heterocycles. The van der Waals surface area contributed by atoms with E-state index in [1.165, 1.54) is 0 Å². The quantitative estimate of drug-likeness (QED) is 0.655. The Hall–Kier alpha value is -1.08. The second-order valence-electron chi connectivity index (χ2n) is 5.04. The summed E-state index contributed by atoms with van der Waals surface area (Å²) in [5, 5.41) is 9.61. The highest BCUT2D eigenvalue weighted by atomic mass is 28.3. The summed E-state index contributed by atoms with van der Waals surface area (Å²) in [6.45, 7) is 7.24. The SMILES string of the molecule is C[Si](C)(C)C#C[C@@H](O)COCc1ccccc1. The van der Waals surface area contributed by atoms with Gasteiger partial charge in [-0.05, 0) is 5.56 Å². The molecule has 0 spiro atoms. The molecule has 0 aliphatic heterocycles. The van der Waals surface area contributed by atoms with Crippen LogP contribution in [0.2, 0.25) is 19.6 Å². The molecule has 0 amide bonds. The van der Waals surface area contributed by atoms with E-state index in [0.29, 0.717) is 6.61 Å². The molecule has 1 aromatic carbocycles. The van der Waals surface area contributed by atoms with E-state index in [9.17, 15) is 5.11 Å². The van der Waals surface area contributed by atoms with Crippen molar-refractivity contribution in [2.45, 2.75) is 32.4 Å². The van der Waals surface area contributed by atoms with Gasteiger partial charge >= 0.3 is 0 Å². The molecular weight excluding hydrogens is 228 g/mol. The lowest BCUT2D eigenvalue weighted by Gasteiger charge is -2.08. The second-order valence-corrected chi connectivity index (χ2v) is 9.79. The summed E-state index contributed by atoms with van der Waals surface area (Å²) in [7, 11) is -1.40. The van der Waals surface area contributed by atoms with Gasteiger partial charge in [-0.2, -0.15) is 0 Å². The average Bonchev–Trinajstić information content (AvgIpc) is 2.27. The smallest absolute Gasteiger partial charge is 0.137 e. The lowest BCUT2D eigenvalue weighted by atomic mass is 10.2. The molecule has 0 bridgehead atoms. The van der Waals surface area contributed by atoms with Crippen molar-refractivity contribution in [2.24, 2.45) is 0 Å². The minimum absolute atomic E-state index is 0.270. The van der Waals surface area contributed by atoms with Gasteiger partial charge in [0.1, 0.15) is 14.2 Å². The Balaban J connectivity index is 2.29. The Labute approximate surface area is 105 Å². The molecule has 0 aliphatic carbocycles. The lowest BCUT2D eigenvalue weighted by Crippen LogP contribution is -2.19. The van der Waals surface area contributed by atoms with Crippen LogP contribution in [-0.2, 0) is 11.3 Å². The Kier molecular flexibility index (Phi) is 5.43. The molecule has 0 radical (unpaired) electrons. The predicted molar refractivity (Wildman–Crippen MR) is 73.2 cm³/mol. The Morgan fingerprint density at radius 2 is 1.88 bits per heavy atom. The topological polar surface area (TPSA) is 29.5 Å². The van der Waals surface area contributed by atoms with Crippen LogP contribution in [0.5, 0.6) is 0 Å². The van der Waals surface area contributed by atoms with Crippen molar-refractivity contribution in [2.75, 3.05) is 6.61 Å². The van der Waals surface area contributed by atoms with Crippen molar-refractivity contribution < 1.29 is 9.84 Å². The van der Waals surface area contributed by atoms with Gasteiger partial charge in [0.25, 0.3) is 0 Å². The number of hydrogen-bond acceptors (Lipinski definition) is 2. The minimum atomic E-state index is -1.40. The highest BCUT2D eigenvalue weighted by Gasteiger charge is 2.08. The number of benzene rings is 1. The Morgan fingerprint density at radius 3 is 2.47 bits per heavy atom. The van der Waals surface area contributed by atoms with Gasteiger partial charge in [-0.1, -0.05) is 55.9 Å². The molecule has 0 fully saturated rings. The highest BCUT2D eigenvalue weighted by Crippen LogP contribution is 2.01. The lowest BCUT2D eigenvalue weighted by molar-refractivity contribution is 0.0544. The highest BCUT2D eigenvalue weighted by molar-refractivity contribution is 6.83. The normalized spacial score (nSPS) is 12.7. The Morgan fingerprint density at radius 1 is 1.24 bits per heavy atom. The molecule has 0 aliphatic rings. The molecule has 0 saturated carbocycles. The van der Waals surface area contributed by atoms with Crippen molar-refractivity contribution >= 4 is 8.07 Å². The summed E-state index contributed by atoms with van der Waals surface area (Å²) >= 11 is 0. The van der Waals surface area contributed by atoms with Crippen LogP contribution in [0, 0.1) is 11.5 Å².